The topological polar surface area (TPSA) is 127 Å². The average Bonchev–Trinajstić information content (AvgIpc) is 3.11. The molecule has 0 radical (unpaired) electrons. The molecule has 2 aromatic carbocycles. The van der Waals surface area contributed by atoms with E-state index in [4.69, 9.17) is 13.8 Å². The highest BCUT2D eigenvalue weighted by Gasteiger charge is 2.38. The number of halogens is 3. The Bertz CT molecular complexity index is 1660. The van der Waals surface area contributed by atoms with Gasteiger partial charge in [-0.2, -0.15) is 13.2 Å². The molecule has 270 valence electrons. The summed E-state index contributed by atoms with van der Waals surface area (Å²) in [4.78, 5) is 47.7. The van der Waals surface area contributed by atoms with Gasteiger partial charge >= 0.3 is 19.9 Å². The molecule has 4 rings (SSSR count). The molecule has 1 aliphatic heterocycles. The lowest BCUT2D eigenvalue weighted by Crippen LogP contribution is -2.57. The van der Waals surface area contributed by atoms with Crippen LogP contribution in [0.15, 0.2) is 66.7 Å². The van der Waals surface area contributed by atoms with Crippen molar-refractivity contribution in [1.29, 1.82) is 0 Å². The summed E-state index contributed by atoms with van der Waals surface area (Å²) in [6.45, 7) is 6.18. The van der Waals surface area contributed by atoms with Crippen LogP contribution in [0.2, 0.25) is 0 Å². The molecule has 1 aliphatic rings. The molecule has 1 atom stereocenters. The number of pyridine rings is 1. The van der Waals surface area contributed by atoms with Gasteiger partial charge in [0.15, 0.2) is 0 Å². The lowest BCUT2D eigenvalue weighted by Gasteiger charge is -2.36. The first kappa shape index (κ1) is 38.5. The summed E-state index contributed by atoms with van der Waals surface area (Å²) in [5.41, 5.74) is 0.337. The van der Waals surface area contributed by atoms with Gasteiger partial charge in [0.2, 0.25) is 5.91 Å². The lowest BCUT2D eigenvalue weighted by molar-refractivity contribution is -0.137. The van der Waals surface area contributed by atoms with Crippen molar-refractivity contribution >= 4 is 25.5 Å². The number of carbonyl (C=O) groups is 3. The fraction of sp³-hybridized carbons (Fsp3) is 0.429. The summed E-state index contributed by atoms with van der Waals surface area (Å²) in [5.74, 6) is -1.40. The number of carbonyl (C=O) groups excluding carboxylic acids is 3. The molecular formula is C35H42F3N4O7P. The largest absolute Gasteiger partial charge is 0.449 e. The summed E-state index contributed by atoms with van der Waals surface area (Å²) in [5, 5.41) is 2.65. The second-order valence-corrected chi connectivity index (χ2v) is 13.6. The van der Waals surface area contributed by atoms with Crippen molar-refractivity contribution in [1.82, 2.24) is 20.1 Å². The molecular weight excluding hydrogens is 676 g/mol. The molecule has 0 bridgehead atoms. The summed E-state index contributed by atoms with van der Waals surface area (Å²) in [6.07, 6.45) is -3.97. The monoisotopic (exact) mass is 718 g/mol. The van der Waals surface area contributed by atoms with E-state index in [1.807, 2.05) is 6.92 Å². The van der Waals surface area contributed by atoms with Gasteiger partial charge in [-0.25, -0.2) is 9.78 Å². The van der Waals surface area contributed by atoms with Gasteiger partial charge in [-0.15, -0.1) is 0 Å². The van der Waals surface area contributed by atoms with Gasteiger partial charge in [0, 0.05) is 31.7 Å². The van der Waals surface area contributed by atoms with E-state index in [-0.39, 0.29) is 56.3 Å². The zero-order valence-corrected chi connectivity index (χ0v) is 29.2. The Morgan fingerprint density at radius 1 is 0.860 bits per heavy atom. The quantitative estimate of drug-likeness (QED) is 0.141. The molecule has 50 heavy (non-hydrogen) atoms. The van der Waals surface area contributed by atoms with E-state index >= 15 is 0 Å². The van der Waals surface area contributed by atoms with Crippen LogP contribution in [0, 0.1) is 0 Å². The van der Waals surface area contributed by atoms with E-state index in [9.17, 15) is 32.1 Å². The van der Waals surface area contributed by atoms with Crippen LogP contribution in [0.5, 0.6) is 0 Å². The third kappa shape index (κ3) is 10.4. The number of amides is 3. The maximum Gasteiger partial charge on any atom is 0.416 e. The lowest BCUT2D eigenvalue weighted by atomic mass is 10.0. The van der Waals surface area contributed by atoms with Crippen LogP contribution in [0.1, 0.15) is 49.7 Å². The normalized spacial score (nSPS) is 14.3. The molecule has 1 unspecified atom stereocenters. The summed E-state index contributed by atoms with van der Waals surface area (Å²) >= 11 is 0. The van der Waals surface area contributed by atoms with Crippen molar-refractivity contribution in [2.45, 2.75) is 45.8 Å². The molecule has 2 heterocycles. The minimum atomic E-state index is -4.60. The van der Waals surface area contributed by atoms with Crippen molar-refractivity contribution in [2.75, 3.05) is 52.2 Å². The molecule has 1 aromatic heterocycles. The highest BCUT2D eigenvalue weighted by molar-refractivity contribution is 7.54. The average molecular weight is 719 g/mol. The molecule has 15 heteroatoms. The third-order valence-corrected chi connectivity index (χ3v) is 10.0. The van der Waals surface area contributed by atoms with E-state index in [0.717, 1.165) is 25.0 Å². The van der Waals surface area contributed by atoms with Crippen LogP contribution < -0.4 is 5.32 Å². The maximum absolute atomic E-state index is 14.0. The Balaban J connectivity index is 1.66. The number of alkyl halides is 3. The molecule has 3 amide bonds. The van der Waals surface area contributed by atoms with Crippen molar-refractivity contribution in [3.63, 3.8) is 0 Å². The first-order valence-electron chi connectivity index (χ1n) is 16.5. The zero-order chi connectivity index (χ0) is 36.3. The van der Waals surface area contributed by atoms with Gasteiger partial charge in [-0.3, -0.25) is 14.2 Å². The number of unbranched alkanes of at least 4 members (excludes halogenated alkanes) is 1. The zero-order valence-electron chi connectivity index (χ0n) is 28.3. The Labute approximate surface area is 289 Å². The Morgan fingerprint density at radius 3 is 2.12 bits per heavy atom. The van der Waals surface area contributed by atoms with Crippen molar-refractivity contribution in [3.8, 4) is 22.4 Å². The van der Waals surface area contributed by atoms with E-state index in [1.54, 1.807) is 50.2 Å². The number of piperazine rings is 1. The van der Waals surface area contributed by atoms with Gasteiger partial charge < -0.3 is 28.9 Å². The van der Waals surface area contributed by atoms with Crippen molar-refractivity contribution in [3.05, 3.63) is 78.0 Å². The maximum atomic E-state index is 14.0. The van der Waals surface area contributed by atoms with Gasteiger partial charge in [0.05, 0.1) is 37.2 Å². The third-order valence-electron chi connectivity index (χ3n) is 7.88. The SMILES string of the molecule is CCCCOC(=O)N1CCN(C(=O)C(CP(=O)(OCC)OCC)NC(=O)c2cc(-c3ccccc3)cc(-c3cccc(C(F)(F)F)c3)n2)CC1. The van der Waals surface area contributed by atoms with E-state index < -0.39 is 49.4 Å². The number of hydrogen-bond donors (Lipinski definition) is 1. The number of nitrogens with one attached hydrogen (secondary N) is 1. The van der Waals surface area contributed by atoms with E-state index in [2.05, 4.69) is 10.3 Å². The second-order valence-electron chi connectivity index (χ2n) is 11.5. The summed E-state index contributed by atoms with van der Waals surface area (Å²) in [6, 6.07) is 15.2. The van der Waals surface area contributed by atoms with Crippen LogP contribution >= 0.6 is 7.60 Å². The molecule has 11 nitrogen and oxygen atoms in total. The van der Waals surface area contributed by atoms with Crippen molar-refractivity contribution < 1.29 is 45.9 Å². The Kier molecular flexibility index (Phi) is 13.6. The van der Waals surface area contributed by atoms with E-state index in [1.165, 1.54) is 28.0 Å². The number of benzene rings is 2. The standard InChI is InChI=1S/C35H42F3N4O7P/c1-4-7-20-47-34(45)42-18-16-41(17-19-42)33(44)31(24-50(46,48-5-2)49-6-3)40-32(43)30-23-27(25-12-9-8-10-13-25)22-29(39-30)26-14-11-15-28(21-26)35(36,37)38/h8-15,21-23,31H,4-7,16-20,24H2,1-3H3,(H,40,43). The summed E-state index contributed by atoms with van der Waals surface area (Å²) in [7, 11) is -3.88. The highest BCUT2D eigenvalue weighted by atomic mass is 31.2. The molecule has 1 fully saturated rings. The first-order valence-corrected chi connectivity index (χ1v) is 18.2. The predicted molar refractivity (Wildman–Crippen MR) is 181 cm³/mol. The fourth-order valence-corrected chi connectivity index (χ4v) is 7.12. The van der Waals surface area contributed by atoms with Crippen LogP contribution in [0.25, 0.3) is 22.4 Å². The predicted octanol–water partition coefficient (Wildman–Crippen LogP) is 6.88. The molecule has 0 aliphatic carbocycles. The minimum Gasteiger partial charge on any atom is -0.449 e. The van der Waals surface area contributed by atoms with Crippen LogP contribution in [0.4, 0.5) is 18.0 Å². The van der Waals surface area contributed by atoms with Crippen LogP contribution in [-0.4, -0.2) is 90.9 Å². The fourth-order valence-electron chi connectivity index (χ4n) is 5.35. The van der Waals surface area contributed by atoms with E-state index in [0.29, 0.717) is 17.7 Å². The number of nitrogens with zero attached hydrogens (tertiary/aromatic N) is 3. The first-order chi connectivity index (χ1) is 23.9. The molecule has 1 N–H and O–H groups in total. The van der Waals surface area contributed by atoms with Gasteiger partial charge in [0.1, 0.15) is 11.7 Å². The van der Waals surface area contributed by atoms with Crippen LogP contribution in [-0.2, 0) is 29.3 Å². The molecule has 3 aromatic rings. The van der Waals surface area contributed by atoms with Gasteiger partial charge in [-0.1, -0.05) is 55.8 Å². The minimum absolute atomic E-state index is 0.0198. The molecule has 0 saturated carbocycles. The number of rotatable bonds is 14. The van der Waals surface area contributed by atoms with Crippen LogP contribution in [0.3, 0.4) is 0 Å². The molecule has 1 saturated heterocycles. The Hall–Kier alpha value is -4.26. The summed E-state index contributed by atoms with van der Waals surface area (Å²) < 4.78 is 70.6. The van der Waals surface area contributed by atoms with Gasteiger partial charge in [0.25, 0.3) is 5.91 Å². The number of hydrogen-bond acceptors (Lipinski definition) is 8. The Morgan fingerprint density at radius 2 is 1.50 bits per heavy atom. The smallest absolute Gasteiger partial charge is 0.416 e. The second kappa shape index (κ2) is 17.6. The molecule has 0 spiro atoms. The highest BCUT2D eigenvalue weighted by Crippen LogP contribution is 2.48. The number of ether oxygens (including phenoxy) is 1. The van der Waals surface area contributed by atoms with Gasteiger partial charge in [-0.05, 0) is 55.7 Å². The number of aromatic nitrogens is 1. The van der Waals surface area contributed by atoms with Crippen molar-refractivity contribution in [2.24, 2.45) is 0 Å².